The number of ether oxygens (including phenoxy) is 3. The van der Waals surface area contributed by atoms with Crippen molar-refractivity contribution in [2.75, 3.05) is 26.3 Å². The van der Waals surface area contributed by atoms with Gasteiger partial charge < -0.3 is 14.2 Å². The Morgan fingerprint density at radius 1 is 1.03 bits per heavy atom. The third-order valence-electron chi connectivity index (χ3n) is 4.08. The average molecular weight is 428 g/mol. The van der Waals surface area contributed by atoms with Crippen molar-refractivity contribution in [3.05, 3.63) is 64.4 Å². The Morgan fingerprint density at radius 2 is 1.87 bits per heavy atom. The van der Waals surface area contributed by atoms with E-state index in [0.29, 0.717) is 24.5 Å². The van der Waals surface area contributed by atoms with Crippen LogP contribution in [0.25, 0.3) is 0 Å². The van der Waals surface area contributed by atoms with Crippen LogP contribution in [0.5, 0.6) is 17.5 Å². The summed E-state index contributed by atoms with van der Waals surface area (Å²) >= 11 is 5.97. The van der Waals surface area contributed by atoms with Gasteiger partial charge in [0.25, 0.3) is 5.95 Å². The lowest BCUT2D eigenvalue weighted by molar-refractivity contribution is 0.295. The first-order chi connectivity index (χ1) is 14.6. The summed E-state index contributed by atoms with van der Waals surface area (Å²) in [6.07, 6.45) is 2.29. The molecule has 8 nitrogen and oxygen atoms in total. The quantitative estimate of drug-likeness (QED) is 0.408. The fourth-order valence-electron chi connectivity index (χ4n) is 2.66. The van der Waals surface area contributed by atoms with E-state index in [1.807, 2.05) is 49.4 Å². The van der Waals surface area contributed by atoms with Crippen molar-refractivity contribution in [1.29, 1.82) is 0 Å². The van der Waals surface area contributed by atoms with E-state index in [2.05, 4.69) is 25.5 Å². The molecule has 1 N–H and O–H groups in total. The number of aromatic nitrogens is 3. The summed E-state index contributed by atoms with van der Waals surface area (Å²) in [5.41, 5.74) is 5.86. The topological polar surface area (TPSA) is 90.8 Å². The van der Waals surface area contributed by atoms with Gasteiger partial charge >= 0.3 is 6.01 Å². The summed E-state index contributed by atoms with van der Waals surface area (Å²) in [6.45, 7) is 2.37. The van der Waals surface area contributed by atoms with E-state index in [9.17, 15) is 0 Å². The van der Waals surface area contributed by atoms with Crippen molar-refractivity contribution >= 4 is 23.8 Å². The Morgan fingerprint density at radius 3 is 2.63 bits per heavy atom. The van der Waals surface area contributed by atoms with Gasteiger partial charge in [-0.2, -0.15) is 20.1 Å². The Kier molecular flexibility index (Phi) is 7.40. The highest BCUT2D eigenvalue weighted by Gasteiger charge is 2.08. The van der Waals surface area contributed by atoms with Crippen LogP contribution < -0.4 is 19.6 Å². The second-order valence-electron chi connectivity index (χ2n) is 6.28. The Bertz CT molecular complexity index is 1030. The lowest BCUT2D eigenvalue weighted by atomic mass is 10.1. The van der Waals surface area contributed by atoms with E-state index >= 15 is 0 Å². The normalized spacial score (nSPS) is 10.8. The molecule has 0 saturated heterocycles. The van der Waals surface area contributed by atoms with E-state index in [1.54, 1.807) is 20.4 Å². The third kappa shape index (κ3) is 6.05. The van der Waals surface area contributed by atoms with Crippen molar-refractivity contribution in [3.8, 4) is 17.5 Å². The first-order valence-electron chi connectivity index (χ1n) is 9.18. The Hall–Kier alpha value is -3.39. The molecule has 0 aliphatic carbocycles. The minimum Gasteiger partial charge on any atom is -0.493 e. The molecule has 1 aromatic heterocycles. The number of hydrogen-bond donors (Lipinski definition) is 1. The molecule has 3 aromatic rings. The molecule has 2 aromatic carbocycles. The zero-order valence-electron chi connectivity index (χ0n) is 16.9. The third-order valence-corrected chi connectivity index (χ3v) is 4.25. The summed E-state index contributed by atoms with van der Waals surface area (Å²) in [4.78, 5) is 12.2. The highest BCUT2D eigenvalue weighted by molar-refractivity contribution is 6.28. The number of hydrazone groups is 1. The number of nitrogens with one attached hydrogen (secondary N) is 1. The number of aryl methyl sites for hydroxylation is 1. The molecule has 30 heavy (non-hydrogen) atoms. The fraction of sp³-hybridized carbons (Fsp3) is 0.238. The maximum absolute atomic E-state index is 5.97. The Balaban J connectivity index is 1.58. The van der Waals surface area contributed by atoms with Gasteiger partial charge in [-0.15, -0.1) is 0 Å². The molecule has 0 spiro atoms. The summed E-state index contributed by atoms with van der Waals surface area (Å²) in [5, 5.41) is 4.14. The fourth-order valence-corrected chi connectivity index (χ4v) is 2.81. The largest absolute Gasteiger partial charge is 0.493 e. The van der Waals surface area contributed by atoms with Crippen LogP contribution in [0.15, 0.2) is 47.6 Å². The number of anilines is 1. The molecule has 0 fully saturated rings. The molecule has 0 aliphatic heterocycles. The van der Waals surface area contributed by atoms with Crippen molar-refractivity contribution < 1.29 is 14.2 Å². The highest BCUT2D eigenvalue weighted by atomic mass is 35.5. The lowest BCUT2D eigenvalue weighted by Crippen LogP contribution is -2.07. The zero-order valence-corrected chi connectivity index (χ0v) is 17.7. The molecule has 9 heteroatoms. The number of rotatable bonds is 9. The second-order valence-corrected chi connectivity index (χ2v) is 6.62. The molecule has 156 valence electrons. The molecule has 0 radical (unpaired) electrons. The van der Waals surface area contributed by atoms with E-state index in [1.165, 1.54) is 0 Å². The predicted molar refractivity (Wildman–Crippen MR) is 116 cm³/mol. The number of benzene rings is 2. The molecular formula is C21H22ClN5O3. The molecule has 0 aliphatic rings. The molecule has 1 heterocycles. The van der Waals surface area contributed by atoms with Gasteiger partial charge in [0.15, 0.2) is 11.5 Å². The van der Waals surface area contributed by atoms with Crippen LogP contribution >= 0.6 is 11.6 Å². The molecule has 0 atom stereocenters. The first kappa shape index (κ1) is 21.3. The lowest BCUT2D eigenvalue weighted by Gasteiger charge is -2.10. The van der Waals surface area contributed by atoms with Crippen LogP contribution in [0.4, 0.5) is 5.95 Å². The van der Waals surface area contributed by atoms with E-state index < -0.39 is 0 Å². The molecule has 0 amide bonds. The van der Waals surface area contributed by atoms with Crippen LogP contribution in [-0.4, -0.2) is 42.0 Å². The van der Waals surface area contributed by atoms with Gasteiger partial charge in [-0.1, -0.05) is 35.9 Å². The van der Waals surface area contributed by atoms with Crippen LogP contribution in [0.1, 0.15) is 16.7 Å². The van der Waals surface area contributed by atoms with Gasteiger partial charge in [0.05, 0.1) is 27.0 Å². The van der Waals surface area contributed by atoms with Crippen LogP contribution in [0.3, 0.4) is 0 Å². The average Bonchev–Trinajstić information content (AvgIpc) is 2.73. The molecule has 3 rings (SSSR count). The smallest absolute Gasteiger partial charge is 0.322 e. The first-order valence-corrected chi connectivity index (χ1v) is 9.56. The minimum atomic E-state index is 0.0133. The maximum atomic E-state index is 5.97. The van der Waals surface area contributed by atoms with Gasteiger partial charge in [0.2, 0.25) is 5.28 Å². The second kappa shape index (κ2) is 10.4. The minimum absolute atomic E-state index is 0.0133. The van der Waals surface area contributed by atoms with Gasteiger partial charge in [0, 0.05) is 6.42 Å². The van der Waals surface area contributed by atoms with Crippen molar-refractivity contribution in [2.45, 2.75) is 13.3 Å². The van der Waals surface area contributed by atoms with Crippen LogP contribution in [0, 0.1) is 6.92 Å². The summed E-state index contributed by atoms with van der Waals surface area (Å²) in [5.74, 6) is 1.53. The van der Waals surface area contributed by atoms with Gasteiger partial charge in [-0.05, 0) is 41.8 Å². The van der Waals surface area contributed by atoms with Crippen LogP contribution in [0.2, 0.25) is 5.28 Å². The standard InChI is InChI=1S/C21H22ClN5O3/c1-14-5-4-6-16(11-14)13-23-27-20-24-19(22)25-21(26-20)30-10-9-15-7-8-17(28-2)18(12-15)29-3/h4-8,11-13H,9-10H2,1-3H3,(H,24,25,26,27). The number of nitrogens with zero attached hydrogens (tertiary/aromatic N) is 4. The maximum Gasteiger partial charge on any atom is 0.322 e. The van der Waals surface area contributed by atoms with E-state index in [0.717, 1.165) is 16.7 Å². The summed E-state index contributed by atoms with van der Waals surface area (Å²) in [6, 6.07) is 13.7. The van der Waals surface area contributed by atoms with Gasteiger partial charge in [0.1, 0.15) is 0 Å². The zero-order chi connectivity index (χ0) is 21.3. The van der Waals surface area contributed by atoms with Crippen molar-refractivity contribution in [1.82, 2.24) is 15.0 Å². The van der Waals surface area contributed by atoms with Crippen molar-refractivity contribution in [3.63, 3.8) is 0 Å². The number of halogens is 1. The number of hydrogen-bond acceptors (Lipinski definition) is 8. The van der Waals surface area contributed by atoms with Crippen molar-refractivity contribution in [2.24, 2.45) is 5.10 Å². The van der Waals surface area contributed by atoms with E-state index in [-0.39, 0.29) is 17.2 Å². The SMILES string of the molecule is COc1ccc(CCOc2nc(Cl)nc(NN=Cc3cccc(C)c3)n2)cc1OC. The highest BCUT2D eigenvalue weighted by Crippen LogP contribution is 2.27. The molecule has 0 saturated carbocycles. The van der Waals surface area contributed by atoms with Gasteiger partial charge in [-0.25, -0.2) is 5.43 Å². The predicted octanol–water partition coefficient (Wildman–Crippen LogP) is 3.92. The number of methoxy groups -OCH3 is 2. The molecule has 0 unspecified atom stereocenters. The van der Waals surface area contributed by atoms with Gasteiger partial charge in [-0.3, -0.25) is 0 Å². The summed E-state index contributed by atoms with van der Waals surface area (Å²) in [7, 11) is 3.20. The monoisotopic (exact) mass is 427 g/mol. The molecular weight excluding hydrogens is 406 g/mol. The Labute approximate surface area is 179 Å². The van der Waals surface area contributed by atoms with E-state index in [4.69, 9.17) is 25.8 Å². The van der Waals surface area contributed by atoms with Crippen LogP contribution in [-0.2, 0) is 6.42 Å². The summed E-state index contributed by atoms with van der Waals surface area (Å²) < 4.78 is 16.2. The molecule has 0 bridgehead atoms.